The summed E-state index contributed by atoms with van der Waals surface area (Å²) in [4.78, 5) is 5.31. The van der Waals surface area contributed by atoms with E-state index in [4.69, 9.17) is 0 Å². The molecule has 0 saturated carbocycles. The minimum atomic E-state index is 0.658. The molecule has 1 N–H and O–H groups in total. The highest BCUT2D eigenvalue weighted by Crippen LogP contribution is 2.14. The van der Waals surface area contributed by atoms with E-state index >= 15 is 0 Å². The average Bonchev–Trinajstić information content (AvgIpc) is 2.58. The fourth-order valence-corrected chi connectivity index (χ4v) is 2.76. The number of nitrogens with one attached hydrogen (secondary N) is 1. The Morgan fingerprint density at radius 3 is 1.93 bits per heavy atom. The molecule has 2 rings (SSSR count). The molecule has 2 heterocycles. The average molecular weight is 211 g/mol. The fraction of sp³-hybridized carbons (Fsp3) is 1.00. The predicted molar refractivity (Wildman–Crippen MR) is 63.9 cm³/mol. The van der Waals surface area contributed by atoms with Crippen LogP contribution < -0.4 is 5.32 Å². The summed E-state index contributed by atoms with van der Waals surface area (Å²) >= 11 is 0. The minimum Gasteiger partial charge on any atom is -0.314 e. The molecule has 2 fully saturated rings. The molecule has 15 heavy (non-hydrogen) atoms. The van der Waals surface area contributed by atoms with Gasteiger partial charge in [-0.3, -0.25) is 9.80 Å². The molecule has 88 valence electrons. The Labute approximate surface area is 93.8 Å². The summed E-state index contributed by atoms with van der Waals surface area (Å²) in [5.41, 5.74) is 0. The molecular formula is C12H25N3. The summed E-state index contributed by atoms with van der Waals surface area (Å²) in [5.74, 6) is 0. The Morgan fingerprint density at radius 2 is 1.33 bits per heavy atom. The van der Waals surface area contributed by atoms with Crippen molar-refractivity contribution in [2.24, 2.45) is 0 Å². The van der Waals surface area contributed by atoms with Crippen LogP contribution in [0.25, 0.3) is 0 Å². The van der Waals surface area contributed by atoms with Crippen LogP contribution in [0.1, 0.15) is 32.6 Å². The topological polar surface area (TPSA) is 18.5 Å². The Morgan fingerprint density at radius 1 is 0.800 bits per heavy atom. The van der Waals surface area contributed by atoms with E-state index in [0.717, 1.165) is 13.1 Å². The van der Waals surface area contributed by atoms with Gasteiger partial charge in [0.05, 0.1) is 6.17 Å². The van der Waals surface area contributed by atoms with E-state index in [-0.39, 0.29) is 0 Å². The maximum Gasteiger partial charge on any atom is 0.0594 e. The first-order valence-corrected chi connectivity index (χ1v) is 6.57. The second-order valence-electron chi connectivity index (χ2n) is 4.87. The molecule has 1 unspecified atom stereocenters. The lowest BCUT2D eigenvalue weighted by molar-refractivity contribution is 0.0483. The maximum absolute atomic E-state index is 3.42. The summed E-state index contributed by atoms with van der Waals surface area (Å²) in [5, 5.41) is 3.42. The minimum absolute atomic E-state index is 0.658. The molecule has 2 aliphatic rings. The molecule has 1 atom stereocenters. The van der Waals surface area contributed by atoms with Crippen molar-refractivity contribution >= 4 is 0 Å². The van der Waals surface area contributed by atoms with E-state index in [0.29, 0.717) is 6.17 Å². The van der Waals surface area contributed by atoms with Crippen molar-refractivity contribution in [2.45, 2.75) is 38.8 Å². The largest absolute Gasteiger partial charge is 0.314 e. The summed E-state index contributed by atoms with van der Waals surface area (Å²) in [6, 6.07) is 0. The van der Waals surface area contributed by atoms with E-state index in [9.17, 15) is 0 Å². The maximum atomic E-state index is 3.42. The molecule has 0 radical (unpaired) electrons. The summed E-state index contributed by atoms with van der Waals surface area (Å²) < 4.78 is 0. The van der Waals surface area contributed by atoms with Crippen LogP contribution in [0, 0.1) is 0 Å². The molecule has 3 nitrogen and oxygen atoms in total. The monoisotopic (exact) mass is 211 g/mol. The Balaban J connectivity index is 1.83. The van der Waals surface area contributed by atoms with E-state index in [1.807, 2.05) is 0 Å². The quantitative estimate of drug-likeness (QED) is 0.738. The normalized spacial score (nSPS) is 28.6. The third kappa shape index (κ3) is 3.16. The summed E-state index contributed by atoms with van der Waals surface area (Å²) in [6.45, 7) is 9.78. The molecule has 0 amide bonds. The van der Waals surface area contributed by atoms with Gasteiger partial charge in [-0.15, -0.1) is 0 Å². The van der Waals surface area contributed by atoms with Crippen LogP contribution in [-0.4, -0.2) is 55.2 Å². The van der Waals surface area contributed by atoms with Gasteiger partial charge in [0.25, 0.3) is 0 Å². The number of piperazine rings is 1. The first kappa shape index (κ1) is 11.4. The van der Waals surface area contributed by atoms with Gasteiger partial charge in [0.15, 0.2) is 0 Å². The van der Waals surface area contributed by atoms with Crippen molar-refractivity contribution in [3.05, 3.63) is 0 Å². The molecule has 2 saturated heterocycles. The fourth-order valence-electron chi connectivity index (χ4n) is 2.76. The molecule has 0 aromatic rings. The van der Waals surface area contributed by atoms with Crippen molar-refractivity contribution in [1.82, 2.24) is 15.1 Å². The van der Waals surface area contributed by atoms with Gasteiger partial charge in [0.1, 0.15) is 0 Å². The molecule has 0 aliphatic carbocycles. The molecule has 0 spiro atoms. The lowest BCUT2D eigenvalue weighted by atomic mass is 10.2. The lowest BCUT2D eigenvalue weighted by Crippen LogP contribution is -2.53. The van der Waals surface area contributed by atoms with Crippen LogP contribution >= 0.6 is 0 Å². The van der Waals surface area contributed by atoms with Crippen LogP contribution in [0.3, 0.4) is 0 Å². The Hall–Kier alpha value is -0.120. The van der Waals surface area contributed by atoms with Gasteiger partial charge >= 0.3 is 0 Å². The van der Waals surface area contributed by atoms with Gasteiger partial charge in [-0.05, 0) is 32.9 Å². The van der Waals surface area contributed by atoms with Gasteiger partial charge in [0.2, 0.25) is 0 Å². The third-order valence-corrected chi connectivity index (χ3v) is 3.85. The highest BCUT2D eigenvalue weighted by atomic mass is 15.4. The van der Waals surface area contributed by atoms with Crippen molar-refractivity contribution in [1.29, 1.82) is 0 Å². The Bertz CT molecular complexity index is 170. The molecule has 0 aromatic carbocycles. The number of rotatable bonds is 2. The van der Waals surface area contributed by atoms with Gasteiger partial charge < -0.3 is 5.32 Å². The molecule has 0 aromatic heterocycles. The molecule has 3 heteroatoms. The van der Waals surface area contributed by atoms with Gasteiger partial charge in [-0.2, -0.15) is 0 Å². The number of nitrogens with zero attached hydrogens (tertiary/aromatic N) is 2. The van der Waals surface area contributed by atoms with Gasteiger partial charge in [-0.1, -0.05) is 12.8 Å². The Kier molecular flexibility index (Phi) is 4.42. The van der Waals surface area contributed by atoms with Crippen LogP contribution in [-0.2, 0) is 0 Å². The van der Waals surface area contributed by atoms with E-state index < -0.39 is 0 Å². The second kappa shape index (κ2) is 5.83. The van der Waals surface area contributed by atoms with Crippen LogP contribution in [0.5, 0.6) is 0 Å². The van der Waals surface area contributed by atoms with Gasteiger partial charge in [0, 0.05) is 26.2 Å². The summed E-state index contributed by atoms with van der Waals surface area (Å²) in [7, 11) is 0. The second-order valence-corrected chi connectivity index (χ2v) is 4.87. The molecular weight excluding hydrogens is 186 g/mol. The van der Waals surface area contributed by atoms with Crippen molar-refractivity contribution in [3.63, 3.8) is 0 Å². The smallest absolute Gasteiger partial charge is 0.0594 e. The van der Waals surface area contributed by atoms with E-state index in [1.165, 1.54) is 51.9 Å². The van der Waals surface area contributed by atoms with Crippen LogP contribution in [0.4, 0.5) is 0 Å². The zero-order valence-electron chi connectivity index (χ0n) is 10.0. The van der Waals surface area contributed by atoms with E-state index in [2.05, 4.69) is 22.0 Å². The number of hydrogen-bond donors (Lipinski definition) is 1. The predicted octanol–water partition coefficient (Wildman–Crippen LogP) is 1.11. The van der Waals surface area contributed by atoms with E-state index in [1.54, 1.807) is 0 Å². The standard InChI is InChI=1S/C12H25N3/c1-12(15-10-6-13-7-11-15)14-8-4-2-3-5-9-14/h12-13H,2-11H2,1H3. The zero-order valence-corrected chi connectivity index (χ0v) is 10.0. The zero-order chi connectivity index (χ0) is 10.5. The van der Waals surface area contributed by atoms with Crippen LogP contribution in [0.2, 0.25) is 0 Å². The number of hydrogen-bond acceptors (Lipinski definition) is 3. The third-order valence-electron chi connectivity index (χ3n) is 3.85. The number of likely N-dealkylation sites (tertiary alicyclic amines) is 1. The van der Waals surface area contributed by atoms with Crippen molar-refractivity contribution < 1.29 is 0 Å². The first-order valence-electron chi connectivity index (χ1n) is 6.57. The van der Waals surface area contributed by atoms with Crippen molar-refractivity contribution in [2.75, 3.05) is 39.3 Å². The van der Waals surface area contributed by atoms with Crippen molar-refractivity contribution in [3.8, 4) is 0 Å². The lowest BCUT2D eigenvalue weighted by Gasteiger charge is -2.39. The first-order chi connectivity index (χ1) is 7.38. The highest BCUT2D eigenvalue weighted by Gasteiger charge is 2.22. The molecule has 2 aliphatic heterocycles. The SMILES string of the molecule is CC(N1CCCCCC1)N1CCNCC1. The highest BCUT2D eigenvalue weighted by molar-refractivity contribution is 4.76. The summed E-state index contributed by atoms with van der Waals surface area (Å²) in [6.07, 6.45) is 6.33. The van der Waals surface area contributed by atoms with Gasteiger partial charge in [-0.25, -0.2) is 0 Å². The molecule has 0 bridgehead atoms. The van der Waals surface area contributed by atoms with Crippen LogP contribution in [0.15, 0.2) is 0 Å².